The second-order valence-electron chi connectivity index (χ2n) is 4.60. The minimum absolute atomic E-state index is 0.0305. The van der Waals surface area contributed by atoms with Crippen LogP contribution >= 0.6 is 11.6 Å². The van der Waals surface area contributed by atoms with Crippen molar-refractivity contribution >= 4 is 17.4 Å². The Morgan fingerprint density at radius 3 is 2.60 bits per heavy atom. The lowest BCUT2D eigenvalue weighted by Gasteiger charge is -2.12. The fraction of sp³-hybridized carbons (Fsp3) is 0.235. The quantitative estimate of drug-likeness (QED) is 0.724. The molecule has 0 aromatic heterocycles. The molecule has 0 aliphatic heterocycles. The molecule has 104 valence electrons. The van der Waals surface area contributed by atoms with Gasteiger partial charge in [0.15, 0.2) is 5.78 Å². The van der Waals surface area contributed by atoms with Crippen LogP contribution in [0.3, 0.4) is 0 Å². The predicted octanol–water partition coefficient (Wildman–Crippen LogP) is 5.00. The molecule has 0 radical (unpaired) electrons. The molecule has 0 aliphatic rings. The van der Waals surface area contributed by atoms with Gasteiger partial charge in [-0.3, -0.25) is 4.79 Å². The third-order valence-corrected chi connectivity index (χ3v) is 3.32. The number of para-hydroxylation sites is 1. The molecular weight excluding hydrogens is 272 g/mol. The van der Waals surface area contributed by atoms with E-state index in [1.807, 2.05) is 36.4 Å². The van der Waals surface area contributed by atoms with E-state index in [0.717, 1.165) is 23.3 Å². The zero-order valence-electron chi connectivity index (χ0n) is 11.7. The number of Topliss-reactive ketones (excluding diaryl/α,β-unsaturated/α-hetero) is 1. The van der Waals surface area contributed by atoms with Crippen LogP contribution in [0.4, 0.5) is 0 Å². The Kier molecular flexibility index (Phi) is 4.80. The van der Waals surface area contributed by atoms with Crippen LogP contribution in [0.2, 0.25) is 5.02 Å². The summed E-state index contributed by atoms with van der Waals surface area (Å²) in [7, 11) is 0. The molecule has 2 aromatic carbocycles. The van der Waals surface area contributed by atoms with E-state index in [9.17, 15) is 4.79 Å². The lowest BCUT2D eigenvalue weighted by atomic mass is 10.0. The molecule has 0 saturated carbocycles. The molecule has 0 fully saturated rings. The fourth-order valence-corrected chi connectivity index (χ4v) is 2.32. The average molecular weight is 289 g/mol. The molecule has 0 aliphatic carbocycles. The van der Waals surface area contributed by atoms with E-state index < -0.39 is 0 Å². The van der Waals surface area contributed by atoms with E-state index in [1.54, 1.807) is 6.07 Å². The number of hydrogen-bond donors (Lipinski definition) is 0. The van der Waals surface area contributed by atoms with Crippen LogP contribution < -0.4 is 4.74 Å². The van der Waals surface area contributed by atoms with Crippen LogP contribution in [0.5, 0.6) is 5.75 Å². The minimum Gasteiger partial charge on any atom is -0.493 e. The summed E-state index contributed by atoms with van der Waals surface area (Å²) < 4.78 is 5.75. The number of rotatable bonds is 5. The molecular formula is C17H17ClO2. The number of benzene rings is 2. The highest BCUT2D eigenvalue weighted by molar-refractivity contribution is 6.34. The van der Waals surface area contributed by atoms with Gasteiger partial charge in [0.2, 0.25) is 0 Å². The number of hydrogen-bond acceptors (Lipinski definition) is 2. The van der Waals surface area contributed by atoms with Crippen LogP contribution in [-0.4, -0.2) is 12.4 Å². The SMILES string of the molecule is CCCOc1ccccc1-c1ccc(C(C)=O)c(Cl)c1. The highest BCUT2D eigenvalue weighted by atomic mass is 35.5. The first-order valence-corrected chi connectivity index (χ1v) is 7.04. The molecule has 0 amide bonds. The van der Waals surface area contributed by atoms with E-state index in [2.05, 4.69) is 6.92 Å². The average Bonchev–Trinajstić information content (AvgIpc) is 2.45. The van der Waals surface area contributed by atoms with Gasteiger partial charge in [-0.25, -0.2) is 0 Å². The Hall–Kier alpha value is -1.80. The Labute approximate surface area is 124 Å². The van der Waals surface area contributed by atoms with Crippen molar-refractivity contribution in [1.82, 2.24) is 0 Å². The van der Waals surface area contributed by atoms with Crippen LogP contribution in [-0.2, 0) is 0 Å². The van der Waals surface area contributed by atoms with Gasteiger partial charge in [0.1, 0.15) is 5.75 Å². The maximum atomic E-state index is 11.4. The van der Waals surface area contributed by atoms with Gasteiger partial charge in [-0.05, 0) is 37.1 Å². The summed E-state index contributed by atoms with van der Waals surface area (Å²) in [5.74, 6) is 0.804. The van der Waals surface area contributed by atoms with E-state index in [0.29, 0.717) is 17.2 Å². The normalized spacial score (nSPS) is 10.3. The first-order chi connectivity index (χ1) is 9.63. The maximum Gasteiger partial charge on any atom is 0.161 e. The highest BCUT2D eigenvalue weighted by Crippen LogP contribution is 2.32. The fourth-order valence-electron chi connectivity index (χ4n) is 2.01. The first-order valence-electron chi connectivity index (χ1n) is 6.66. The molecule has 0 saturated heterocycles. The third-order valence-electron chi connectivity index (χ3n) is 3.01. The lowest BCUT2D eigenvalue weighted by Crippen LogP contribution is -1.97. The molecule has 0 N–H and O–H groups in total. The Bertz CT molecular complexity index is 620. The summed E-state index contributed by atoms with van der Waals surface area (Å²) in [4.78, 5) is 11.4. The van der Waals surface area contributed by atoms with Crippen molar-refractivity contribution in [3.8, 4) is 16.9 Å². The van der Waals surface area contributed by atoms with Crippen LogP contribution in [0.25, 0.3) is 11.1 Å². The van der Waals surface area contributed by atoms with Crippen molar-refractivity contribution in [2.24, 2.45) is 0 Å². The summed E-state index contributed by atoms with van der Waals surface area (Å²) in [5.41, 5.74) is 2.48. The smallest absolute Gasteiger partial charge is 0.161 e. The van der Waals surface area contributed by atoms with E-state index in [1.165, 1.54) is 6.92 Å². The number of ether oxygens (including phenoxy) is 1. The number of carbonyl (C=O) groups excluding carboxylic acids is 1. The first kappa shape index (κ1) is 14.6. The molecule has 0 unspecified atom stereocenters. The maximum absolute atomic E-state index is 11.4. The van der Waals surface area contributed by atoms with Crippen molar-refractivity contribution in [3.63, 3.8) is 0 Å². The van der Waals surface area contributed by atoms with E-state index in [-0.39, 0.29) is 5.78 Å². The molecule has 2 aromatic rings. The van der Waals surface area contributed by atoms with E-state index >= 15 is 0 Å². The molecule has 2 rings (SSSR count). The minimum atomic E-state index is -0.0305. The zero-order valence-corrected chi connectivity index (χ0v) is 12.4. The Balaban J connectivity index is 2.41. The molecule has 2 nitrogen and oxygen atoms in total. The predicted molar refractivity (Wildman–Crippen MR) is 82.7 cm³/mol. The topological polar surface area (TPSA) is 26.3 Å². The summed E-state index contributed by atoms with van der Waals surface area (Å²) in [6.07, 6.45) is 0.957. The van der Waals surface area contributed by atoms with Gasteiger partial charge in [0, 0.05) is 11.1 Å². The molecule has 0 heterocycles. The van der Waals surface area contributed by atoms with Gasteiger partial charge in [0.25, 0.3) is 0 Å². The molecule has 0 spiro atoms. The highest BCUT2D eigenvalue weighted by Gasteiger charge is 2.10. The Morgan fingerprint density at radius 1 is 1.20 bits per heavy atom. The van der Waals surface area contributed by atoms with E-state index in [4.69, 9.17) is 16.3 Å². The van der Waals surface area contributed by atoms with Gasteiger partial charge < -0.3 is 4.74 Å². The summed E-state index contributed by atoms with van der Waals surface area (Å²) >= 11 is 6.17. The largest absolute Gasteiger partial charge is 0.493 e. The molecule has 3 heteroatoms. The second kappa shape index (κ2) is 6.58. The third kappa shape index (κ3) is 3.20. The summed E-state index contributed by atoms with van der Waals surface area (Å²) in [6.45, 7) is 4.26. The zero-order chi connectivity index (χ0) is 14.5. The second-order valence-corrected chi connectivity index (χ2v) is 5.00. The molecule has 0 atom stereocenters. The summed E-state index contributed by atoms with van der Waals surface area (Å²) in [6, 6.07) is 13.3. The van der Waals surface area contributed by atoms with Gasteiger partial charge in [0.05, 0.1) is 11.6 Å². The van der Waals surface area contributed by atoms with Gasteiger partial charge in [-0.2, -0.15) is 0 Å². The van der Waals surface area contributed by atoms with Crippen LogP contribution in [0.15, 0.2) is 42.5 Å². The number of carbonyl (C=O) groups is 1. The van der Waals surface area contributed by atoms with Gasteiger partial charge in [-0.15, -0.1) is 0 Å². The number of halogens is 1. The van der Waals surface area contributed by atoms with Crippen LogP contribution in [0.1, 0.15) is 30.6 Å². The molecule has 20 heavy (non-hydrogen) atoms. The lowest BCUT2D eigenvalue weighted by molar-refractivity contribution is 0.101. The van der Waals surface area contributed by atoms with Crippen molar-refractivity contribution in [1.29, 1.82) is 0 Å². The van der Waals surface area contributed by atoms with Crippen molar-refractivity contribution in [2.75, 3.05) is 6.61 Å². The molecule has 0 bridgehead atoms. The standard InChI is InChI=1S/C17H17ClO2/c1-3-10-20-17-7-5-4-6-15(17)13-8-9-14(12(2)19)16(18)11-13/h4-9,11H,3,10H2,1-2H3. The van der Waals surface area contributed by atoms with Crippen molar-refractivity contribution in [3.05, 3.63) is 53.1 Å². The van der Waals surface area contributed by atoms with Crippen molar-refractivity contribution < 1.29 is 9.53 Å². The number of ketones is 1. The summed E-state index contributed by atoms with van der Waals surface area (Å²) in [5, 5.41) is 0.472. The monoisotopic (exact) mass is 288 g/mol. The van der Waals surface area contributed by atoms with Crippen molar-refractivity contribution in [2.45, 2.75) is 20.3 Å². The van der Waals surface area contributed by atoms with Gasteiger partial charge in [-0.1, -0.05) is 42.8 Å². The van der Waals surface area contributed by atoms with Gasteiger partial charge >= 0.3 is 0 Å². The Morgan fingerprint density at radius 2 is 1.95 bits per heavy atom. The van der Waals surface area contributed by atoms with Crippen LogP contribution in [0, 0.1) is 0 Å².